The zero-order chi connectivity index (χ0) is 24.2. The first-order valence-electron chi connectivity index (χ1n) is 10.5. The van der Waals surface area contributed by atoms with Gasteiger partial charge in [-0.15, -0.1) is 0 Å². The first kappa shape index (κ1) is 23.5. The van der Waals surface area contributed by atoms with Crippen molar-refractivity contribution in [2.45, 2.75) is 13.3 Å². The van der Waals surface area contributed by atoms with Crippen molar-refractivity contribution < 1.29 is 9.59 Å². The van der Waals surface area contributed by atoms with E-state index in [0.717, 1.165) is 17.0 Å². The molecule has 4 aromatic rings. The first-order valence-corrected chi connectivity index (χ1v) is 11.3. The Bertz CT molecular complexity index is 1350. The van der Waals surface area contributed by atoms with Gasteiger partial charge in [-0.25, -0.2) is 4.79 Å². The van der Waals surface area contributed by atoms with Crippen LogP contribution < -0.4 is 10.6 Å². The van der Waals surface area contributed by atoms with Gasteiger partial charge in [0.15, 0.2) is 0 Å². The Balaban J connectivity index is 1.43. The lowest BCUT2D eigenvalue weighted by Gasteiger charge is -2.10. The standard InChI is InChI=1S/C26H22Cl2N4O2/c1-16-12-23(32(2)24(16)25(33)17-6-8-18(27)9-7-17)14-20-10-11-22(15-29-20)31-26(34)30-21-5-3-4-19(28)13-21/h3-13,15H,14H2,1-2H3,(H2,30,31,34). The summed E-state index contributed by atoms with van der Waals surface area (Å²) in [5, 5.41) is 6.60. The second kappa shape index (κ2) is 10.1. The highest BCUT2D eigenvalue weighted by Gasteiger charge is 2.19. The van der Waals surface area contributed by atoms with E-state index in [9.17, 15) is 9.59 Å². The van der Waals surface area contributed by atoms with Gasteiger partial charge in [0.05, 0.1) is 17.6 Å². The fourth-order valence-electron chi connectivity index (χ4n) is 3.71. The molecule has 0 spiro atoms. The molecule has 2 aromatic carbocycles. The highest BCUT2D eigenvalue weighted by Crippen LogP contribution is 2.22. The van der Waals surface area contributed by atoms with Crippen LogP contribution in [-0.4, -0.2) is 21.4 Å². The molecule has 0 aliphatic rings. The Morgan fingerprint density at radius 3 is 2.32 bits per heavy atom. The van der Waals surface area contributed by atoms with Gasteiger partial charge in [0.1, 0.15) is 0 Å². The van der Waals surface area contributed by atoms with Crippen LogP contribution in [0.3, 0.4) is 0 Å². The second-order valence-electron chi connectivity index (χ2n) is 7.87. The molecule has 0 fully saturated rings. The molecule has 0 saturated carbocycles. The number of halogens is 2. The molecule has 0 atom stereocenters. The smallest absolute Gasteiger partial charge is 0.323 e. The molecular weight excluding hydrogens is 471 g/mol. The normalized spacial score (nSPS) is 10.7. The van der Waals surface area contributed by atoms with Gasteiger partial charge < -0.3 is 15.2 Å². The lowest BCUT2D eigenvalue weighted by atomic mass is 10.1. The number of urea groups is 1. The summed E-state index contributed by atoms with van der Waals surface area (Å²) >= 11 is 11.9. The lowest BCUT2D eigenvalue weighted by molar-refractivity contribution is 0.103. The number of nitrogens with one attached hydrogen (secondary N) is 2. The number of rotatable bonds is 6. The maximum Gasteiger partial charge on any atom is 0.323 e. The minimum absolute atomic E-state index is 0.0545. The molecule has 0 radical (unpaired) electrons. The average Bonchev–Trinajstić information content (AvgIpc) is 3.07. The number of aryl methyl sites for hydroxylation is 1. The number of hydrogen-bond acceptors (Lipinski definition) is 3. The number of amides is 2. The molecule has 2 N–H and O–H groups in total. The quantitative estimate of drug-likeness (QED) is 0.301. The summed E-state index contributed by atoms with van der Waals surface area (Å²) in [4.78, 5) is 29.7. The number of anilines is 2. The van der Waals surface area contributed by atoms with Crippen LogP contribution in [0.2, 0.25) is 10.0 Å². The molecule has 0 aliphatic heterocycles. The van der Waals surface area contributed by atoms with Crippen LogP contribution in [0.4, 0.5) is 16.2 Å². The SMILES string of the molecule is Cc1cc(Cc2ccc(NC(=O)Nc3cccc(Cl)c3)cn2)n(C)c1C(=O)c1ccc(Cl)cc1. The monoisotopic (exact) mass is 492 g/mol. The van der Waals surface area contributed by atoms with E-state index >= 15 is 0 Å². The maximum atomic E-state index is 13.0. The van der Waals surface area contributed by atoms with Gasteiger partial charge in [0.2, 0.25) is 5.78 Å². The summed E-state index contributed by atoms with van der Waals surface area (Å²) in [6.07, 6.45) is 2.14. The Hall–Kier alpha value is -3.61. The zero-order valence-corrected chi connectivity index (χ0v) is 20.1. The van der Waals surface area contributed by atoms with Crippen molar-refractivity contribution in [1.82, 2.24) is 9.55 Å². The van der Waals surface area contributed by atoms with Gasteiger partial charge in [-0.1, -0.05) is 29.3 Å². The molecule has 4 rings (SSSR count). The number of pyridine rings is 1. The number of benzene rings is 2. The van der Waals surface area contributed by atoms with Crippen molar-refractivity contribution in [1.29, 1.82) is 0 Å². The number of nitrogens with zero attached hydrogens (tertiary/aromatic N) is 2. The largest absolute Gasteiger partial charge is 0.344 e. The van der Waals surface area contributed by atoms with E-state index in [2.05, 4.69) is 15.6 Å². The lowest BCUT2D eigenvalue weighted by Crippen LogP contribution is -2.19. The van der Waals surface area contributed by atoms with E-state index in [1.165, 1.54) is 0 Å². The number of carbonyl (C=O) groups is 2. The Kier molecular flexibility index (Phi) is 7.01. The van der Waals surface area contributed by atoms with Crippen molar-refractivity contribution in [2.24, 2.45) is 7.05 Å². The molecule has 6 nitrogen and oxygen atoms in total. The van der Waals surface area contributed by atoms with Gasteiger partial charge in [-0.3, -0.25) is 9.78 Å². The van der Waals surface area contributed by atoms with Crippen LogP contribution in [0.1, 0.15) is 33.0 Å². The highest BCUT2D eigenvalue weighted by molar-refractivity contribution is 6.31. The van der Waals surface area contributed by atoms with E-state index in [4.69, 9.17) is 23.2 Å². The van der Waals surface area contributed by atoms with Crippen LogP contribution in [-0.2, 0) is 13.5 Å². The van der Waals surface area contributed by atoms with Crippen LogP contribution >= 0.6 is 23.2 Å². The fourth-order valence-corrected chi connectivity index (χ4v) is 4.03. The predicted molar refractivity (Wildman–Crippen MR) is 136 cm³/mol. The molecule has 2 heterocycles. The van der Waals surface area contributed by atoms with E-state index in [1.54, 1.807) is 60.8 Å². The maximum absolute atomic E-state index is 13.0. The number of ketones is 1. The molecule has 172 valence electrons. The van der Waals surface area contributed by atoms with Crippen molar-refractivity contribution in [2.75, 3.05) is 10.6 Å². The van der Waals surface area contributed by atoms with Crippen molar-refractivity contribution in [3.05, 3.63) is 111 Å². The van der Waals surface area contributed by atoms with Gasteiger partial charge in [0, 0.05) is 46.2 Å². The van der Waals surface area contributed by atoms with Gasteiger partial charge >= 0.3 is 6.03 Å². The van der Waals surface area contributed by atoms with E-state index < -0.39 is 0 Å². The van der Waals surface area contributed by atoms with Crippen LogP contribution in [0, 0.1) is 6.92 Å². The summed E-state index contributed by atoms with van der Waals surface area (Å²) in [7, 11) is 1.88. The minimum atomic E-state index is -0.389. The average molecular weight is 493 g/mol. The third kappa shape index (κ3) is 5.47. The third-order valence-corrected chi connectivity index (χ3v) is 5.86. The van der Waals surface area contributed by atoms with Crippen LogP contribution in [0.25, 0.3) is 0 Å². The molecule has 0 aliphatic carbocycles. The molecule has 8 heteroatoms. The highest BCUT2D eigenvalue weighted by atomic mass is 35.5. The van der Waals surface area contributed by atoms with Crippen LogP contribution in [0.5, 0.6) is 0 Å². The van der Waals surface area contributed by atoms with Crippen molar-refractivity contribution in [3.63, 3.8) is 0 Å². The molecule has 2 aromatic heterocycles. The van der Waals surface area contributed by atoms with E-state index in [0.29, 0.717) is 39.1 Å². The molecule has 2 amide bonds. The molecule has 0 saturated heterocycles. The summed E-state index contributed by atoms with van der Waals surface area (Å²) in [6, 6.07) is 19.0. The Morgan fingerprint density at radius 2 is 1.65 bits per heavy atom. The number of aromatic nitrogens is 2. The topological polar surface area (TPSA) is 76.0 Å². The Labute approximate surface area is 207 Å². The van der Waals surface area contributed by atoms with Gasteiger partial charge in [0.25, 0.3) is 0 Å². The second-order valence-corrected chi connectivity index (χ2v) is 8.74. The number of carbonyl (C=O) groups excluding carboxylic acids is 2. The zero-order valence-electron chi connectivity index (χ0n) is 18.6. The summed E-state index contributed by atoms with van der Waals surface area (Å²) in [6.45, 7) is 1.92. The van der Waals surface area contributed by atoms with Crippen LogP contribution in [0.15, 0.2) is 72.9 Å². The molecular formula is C26H22Cl2N4O2. The van der Waals surface area contributed by atoms with Crippen molar-refractivity contribution in [3.8, 4) is 0 Å². The molecule has 0 bridgehead atoms. The van der Waals surface area contributed by atoms with E-state index in [1.807, 2.05) is 30.7 Å². The van der Waals surface area contributed by atoms with Crippen molar-refractivity contribution >= 4 is 46.4 Å². The minimum Gasteiger partial charge on any atom is -0.344 e. The predicted octanol–water partition coefficient (Wildman–Crippen LogP) is 6.50. The summed E-state index contributed by atoms with van der Waals surface area (Å²) < 4.78 is 1.90. The van der Waals surface area contributed by atoms with E-state index in [-0.39, 0.29) is 11.8 Å². The number of hydrogen-bond donors (Lipinski definition) is 2. The summed E-state index contributed by atoms with van der Waals surface area (Å²) in [5.74, 6) is -0.0545. The first-order chi connectivity index (χ1) is 16.3. The van der Waals surface area contributed by atoms with Gasteiger partial charge in [-0.05, 0) is 73.2 Å². The molecule has 0 unspecified atom stereocenters. The third-order valence-electron chi connectivity index (χ3n) is 5.37. The Morgan fingerprint density at radius 1 is 0.912 bits per heavy atom. The van der Waals surface area contributed by atoms with Gasteiger partial charge in [-0.2, -0.15) is 0 Å². The summed E-state index contributed by atoms with van der Waals surface area (Å²) in [5.41, 5.74) is 5.04. The molecule has 34 heavy (non-hydrogen) atoms. The fraction of sp³-hybridized carbons (Fsp3) is 0.115.